The van der Waals surface area contributed by atoms with Gasteiger partial charge in [0, 0.05) is 12.6 Å². The van der Waals surface area contributed by atoms with E-state index in [1.807, 2.05) is 13.0 Å². The summed E-state index contributed by atoms with van der Waals surface area (Å²) in [7, 11) is 0. The summed E-state index contributed by atoms with van der Waals surface area (Å²) in [5, 5.41) is 3.57. The molecule has 2 rings (SSSR count). The van der Waals surface area contributed by atoms with Crippen molar-refractivity contribution in [3.05, 3.63) is 35.1 Å². The molecular formula is C16H24FN. The van der Waals surface area contributed by atoms with E-state index in [0.717, 1.165) is 18.0 Å². The molecule has 1 fully saturated rings. The molecule has 1 atom stereocenters. The van der Waals surface area contributed by atoms with Crippen LogP contribution < -0.4 is 5.32 Å². The van der Waals surface area contributed by atoms with Gasteiger partial charge in [0.05, 0.1) is 0 Å². The molecule has 0 heterocycles. The number of hydrogen-bond donors (Lipinski definition) is 1. The van der Waals surface area contributed by atoms with E-state index < -0.39 is 0 Å². The molecule has 0 radical (unpaired) electrons. The van der Waals surface area contributed by atoms with Gasteiger partial charge in [0.15, 0.2) is 0 Å². The Morgan fingerprint density at radius 3 is 2.72 bits per heavy atom. The highest BCUT2D eigenvalue weighted by molar-refractivity contribution is 5.26. The number of aryl methyl sites for hydroxylation is 1. The molecule has 1 aromatic carbocycles. The Morgan fingerprint density at radius 1 is 1.28 bits per heavy atom. The Hall–Kier alpha value is -0.890. The molecular weight excluding hydrogens is 225 g/mol. The van der Waals surface area contributed by atoms with Crippen molar-refractivity contribution in [1.29, 1.82) is 0 Å². The summed E-state index contributed by atoms with van der Waals surface area (Å²) in [6.45, 7) is 5.09. The molecule has 0 unspecified atom stereocenters. The molecule has 0 saturated heterocycles. The molecule has 18 heavy (non-hydrogen) atoms. The first-order chi connectivity index (χ1) is 8.66. The molecule has 2 heteroatoms. The zero-order valence-electron chi connectivity index (χ0n) is 11.5. The summed E-state index contributed by atoms with van der Waals surface area (Å²) in [6.07, 6.45) is 6.82. The Labute approximate surface area is 110 Å². The lowest BCUT2D eigenvalue weighted by molar-refractivity contribution is 0.280. The number of halogens is 1. The maximum absolute atomic E-state index is 13.2. The smallest absolute Gasteiger partial charge is 0.123 e. The van der Waals surface area contributed by atoms with Crippen molar-refractivity contribution in [2.75, 3.05) is 0 Å². The minimum Gasteiger partial charge on any atom is -0.310 e. The van der Waals surface area contributed by atoms with Crippen molar-refractivity contribution in [2.45, 2.75) is 58.5 Å². The van der Waals surface area contributed by atoms with Gasteiger partial charge >= 0.3 is 0 Å². The Morgan fingerprint density at radius 2 is 2.00 bits per heavy atom. The van der Waals surface area contributed by atoms with E-state index in [0.29, 0.717) is 6.04 Å². The maximum atomic E-state index is 13.2. The first-order valence-electron chi connectivity index (χ1n) is 7.15. The highest BCUT2D eigenvalue weighted by atomic mass is 19.1. The summed E-state index contributed by atoms with van der Waals surface area (Å²) in [5.74, 6) is 0.662. The van der Waals surface area contributed by atoms with Crippen LogP contribution in [0.3, 0.4) is 0 Å². The normalized spacial score (nSPS) is 18.8. The Kier molecular flexibility index (Phi) is 4.76. The van der Waals surface area contributed by atoms with Gasteiger partial charge < -0.3 is 5.32 Å². The van der Waals surface area contributed by atoms with E-state index in [2.05, 4.69) is 12.2 Å². The van der Waals surface area contributed by atoms with Crippen molar-refractivity contribution in [3.8, 4) is 0 Å². The lowest BCUT2D eigenvalue weighted by Crippen LogP contribution is -2.34. The fourth-order valence-corrected chi connectivity index (χ4v) is 2.90. The zero-order chi connectivity index (χ0) is 13.0. The average molecular weight is 249 g/mol. The summed E-state index contributed by atoms with van der Waals surface area (Å²) >= 11 is 0. The molecule has 0 bridgehead atoms. The largest absolute Gasteiger partial charge is 0.310 e. The van der Waals surface area contributed by atoms with Crippen molar-refractivity contribution in [2.24, 2.45) is 5.92 Å². The predicted octanol–water partition coefficient (Wildman–Crippen LogP) is 4.19. The summed E-state index contributed by atoms with van der Waals surface area (Å²) in [5.41, 5.74) is 2.25. The van der Waals surface area contributed by atoms with Crippen LogP contribution >= 0.6 is 0 Å². The van der Waals surface area contributed by atoms with Crippen molar-refractivity contribution in [1.82, 2.24) is 5.32 Å². The molecule has 1 N–H and O–H groups in total. The first kappa shape index (κ1) is 13.5. The van der Waals surface area contributed by atoms with Crippen LogP contribution in [0.1, 0.15) is 50.2 Å². The van der Waals surface area contributed by atoms with Crippen molar-refractivity contribution in [3.63, 3.8) is 0 Å². The van der Waals surface area contributed by atoms with Crippen LogP contribution in [0, 0.1) is 18.7 Å². The third kappa shape index (κ3) is 3.55. The van der Waals surface area contributed by atoms with Crippen LogP contribution in [0.25, 0.3) is 0 Å². The standard InChI is InChI=1S/C16H24FN/c1-12-8-9-16(17)10-15(12)11-18-13(2)14-6-4-3-5-7-14/h8-10,13-14,18H,3-7,11H2,1-2H3/t13-/m0/s1. The Bertz CT molecular complexity index is 383. The SMILES string of the molecule is Cc1ccc(F)cc1CN[C@@H](C)C1CCCCC1. The molecule has 1 nitrogen and oxygen atoms in total. The summed E-state index contributed by atoms with van der Waals surface area (Å²) < 4.78 is 13.2. The first-order valence-corrected chi connectivity index (χ1v) is 7.15. The third-order valence-electron chi connectivity index (χ3n) is 4.28. The molecule has 1 aliphatic carbocycles. The van der Waals surface area contributed by atoms with Gasteiger partial charge in [-0.2, -0.15) is 0 Å². The third-order valence-corrected chi connectivity index (χ3v) is 4.28. The molecule has 1 aromatic rings. The van der Waals surface area contributed by atoms with Gasteiger partial charge in [-0.25, -0.2) is 4.39 Å². The molecule has 100 valence electrons. The summed E-state index contributed by atoms with van der Waals surface area (Å²) in [4.78, 5) is 0. The molecule has 0 aromatic heterocycles. The highest BCUT2D eigenvalue weighted by Gasteiger charge is 2.19. The molecule has 1 aliphatic rings. The van der Waals surface area contributed by atoms with Gasteiger partial charge in [-0.05, 0) is 55.9 Å². The van der Waals surface area contributed by atoms with Crippen LogP contribution in [0.4, 0.5) is 4.39 Å². The zero-order valence-corrected chi connectivity index (χ0v) is 11.5. The van der Waals surface area contributed by atoms with Crippen LogP contribution in [0.5, 0.6) is 0 Å². The van der Waals surface area contributed by atoms with Crippen LogP contribution in [0.2, 0.25) is 0 Å². The fraction of sp³-hybridized carbons (Fsp3) is 0.625. The Balaban J connectivity index is 1.88. The van der Waals surface area contributed by atoms with E-state index in [1.54, 1.807) is 6.07 Å². The maximum Gasteiger partial charge on any atom is 0.123 e. The van der Waals surface area contributed by atoms with Gasteiger partial charge in [0.25, 0.3) is 0 Å². The number of hydrogen-bond acceptors (Lipinski definition) is 1. The van der Waals surface area contributed by atoms with Gasteiger partial charge in [-0.3, -0.25) is 0 Å². The average Bonchev–Trinajstić information content (AvgIpc) is 2.40. The van der Waals surface area contributed by atoms with Gasteiger partial charge in [-0.15, -0.1) is 0 Å². The van der Waals surface area contributed by atoms with E-state index in [4.69, 9.17) is 0 Å². The monoisotopic (exact) mass is 249 g/mol. The lowest BCUT2D eigenvalue weighted by atomic mass is 9.84. The second kappa shape index (κ2) is 6.33. The van der Waals surface area contributed by atoms with Gasteiger partial charge in [0.1, 0.15) is 5.82 Å². The lowest BCUT2D eigenvalue weighted by Gasteiger charge is -2.28. The van der Waals surface area contributed by atoms with Crippen LogP contribution in [0.15, 0.2) is 18.2 Å². The number of rotatable bonds is 4. The van der Waals surface area contributed by atoms with E-state index >= 15 is 0 Å². The molecule has 0 aliphatic heterocycles. The minimum absolute atomic E-state index is 0.136. The van der Waals surface area contributed by atoms with E-state index in [9.17, 15) is 4.39 Å². The topological polar surface area (TPSA) is 12.0 Å². The fourth-order valence-electron chi connectivity index (χ4n) is 2.90. The van der Waals surface area contributed by atoms with Crippen LogP contribution in [-0.2, 0) is 6.54 Å². The minimum atomic E-state index is -0.136. The van der Waals surface area contributed by atoms with Crippen molar-refractivity contribution >= 4 is 0 Å². The highest BCUT2D eigenvalue weighted by Crippen LogP contribution is 2.26. The molecule has 1 saturated carbocycles. The number of benzene rings is 1. The second-order valence-corrected chi connectivity index (χ2v) is 5.64. The summed E-state index contributed by atoms with van der Waals surface area (Å²) in [6, 6.07) is 5.57. The van der Waals surface area contributed by atoms with E-state index in [1.165, 1.54) is 43.7 Å². The van der Waals surface area contributed by atoms with Gasteiger partial charge in [-0.1, -0.05) is 25.3 Å². The van der Waals surface area contributed by atoms with Gasteiger partial charge in [0.2, 0.25) is 0 Å². The van der Waals surface area contributed by atoms with Crippen LogP contribution in [-0.4, -0.2) is 6.04 Å². The quantitative estimate of drug-likeness (QED) is 0.843. The predicted molar refractivity (Wildman–Crippen MR) is 74.0 cm³/mol. The van der Waals surface area contributed by atoms with E-state index in [-0.39, 0.29) is 5.82 Å². The number of nitrogens with one attached hydrogen (secondary N) is 1. The molecule has 0 spiro atoms. The second-order valence-electron chi connectivity index (χ2n) is 5.64. The van der Waals surface area contributed by atoms with Crippen molar-refractivity contribution < 1.29 is 4.39 Å². The molecule has 0 amide bonds.